The van der Waals surface area contributed by atoms with E-state index >= 15 is 0 Å². The Hall–Kier alpha value is -1.35. The highest BCUT2D eigenvalue weighted by molar-refractivity contribution is 5.76. The van der Waals surface area contributed by atoms with Gasteiger partial charge in [-0.15, -0.1) is 0 Å². The highest BCUT2D eigenvalue weighted by Crippen LogP contribution is 2.32. The Bertz CT molecular complexity index is 546. The van der Waals surface area contributed by atoms with Crippen LogP contribution in [0.3, 0.4) is 0 Å². The Morgan fingerprint density at radius 2 is 2.06 bits per heavy atom. The first-order chi connectivity index (χ1) is 8.81. The van der Waals surface area contributed by atoms with Crippen molar-refractivity contribution in [3.05, 3.63) is 30.1 Å². The zero-order valence-electron chi connectivity index (χ0n) is 10.8. The maximum Gasteiger partial charge on any atom is 0.109 e. The van der Waals surface area contributed by atoms with E-state index < -0.39 is 0 Å². The second-order valence-electron chi connectivity index (χ2n) is 5.16. The molecule has 18 heavy (non-hydrogen) atoms. The lowest BCUT2D eigenvalue weighted by Gasteiger charge is -2.30. The van der Waals surface area contributed by atoms with Gasteiger partial charge in [-0.05, 0) is 25.0 Å². The van der Waals surface area contributed by atoms with Crippen LogP contribution >= 0.6 is 0 Å². The molecule has 0 amide bonds. The van der Waals surface area contributed by atoms with E-state index in [9.17, 15) is 5.11 Å². The molecule has 1 N–H and O–H groups in total. The van der Waals surface area contributed by atoms with E-state index in [4.69, 9.17) is 4.98 Å². The molecule has 2 aromatic rings. The Morgan fingerprint density at radius 1 is 1.28 bits per heavy atom. The molecular weight excluding hydrogens is 224 g/mol. The SMILES string of the molecule is CCc1nc2ccccc2n1[C@@H]1CCCC[C@@H]1O. The van der Waals surface area contributed by atoms with Crippen molar-refractivity contribution >= 4 is 11.0 Å². The molecule has 1 aliphatic rings. The fourth-order valence-electron chi connectivity index (χ4n) is 3.11. The molecule has 2 atom stereocenters. The molecule has 96 valence electrons. The van der Waals surface area contributed by atoms with Crippen LogP contribution in [-0.2, 0) is 6.42 Å². The predicted octanol–water partition coefficient (Wildman–Crippen LogP) is 3.07. The minimum Gasteiger partial charge on any atom is -0.391 e. The number of fused-ring (bicyclic) bond motifs is 1. The number of aromatic nitrogens is 2. The molecule has 3 heteroatoms. The number of para-hydroxylation sites is 2. The van der Waals surface area contributed by atoms with E-state index in [0.717, 1.165) is 37.0 Å². The normalized spacial score (nSPS) is 24.6. The average molecular weight is 244 g/mol. The zero-order chi connectivity index (χ0) is 12.5. The molecule has 3 rings (SSSR count). The smallest absolute Gasteiger partial charge is 0.109 e. The molecule has 0 aliphatic heterocycles. The van der Waals surface area contributed by atoms with E-state index in [-0.39, 0.29) is 12.1 Å². The summed E-state index contributed by atoms with van der Waals surface area (Å²) in [7, 11) is 0. The molecule has 1 heterocycles. The van der Waals surface area contributed by atoms with Gasteiger partial charge in [0.2, 0.25) is 0 Å². The van der Waals surface area contributed by atoms with E-state index in [2.05, 4.69) is 29.7 Å². The van der Waals surface area contributed by atoms with Gasteiger partial charge in [0.05, 0.1) is 23.2 Å². The number of aryl methyl sites for hydroxylation is 1. The fourth-order valence-corrected chi connectivity index (χ4v) is 3.11. The number of rotatable bonds is 2. The van der Waals surface area contributed by atoms with Crippen molar-refractivity contribution in [3.63, 3.8) is 0 Å². The summed E-state index contributed by atoms with van der Waals surface area (Å²) >= 11 is 0. The van der Waals surface area contributed by atoms with Gasteiger partial charge >= 0.3 is 0 Å². The summed E-state index contributed by atoms with van der Waals surface area (Å²) in [6.45, 7) is 2.13. The van der Waals surface area contributed by atoms with Crippen LogP contribution in [0.1, 0.15) is 44.5 Å². The Morgan fingerprint density at radius 3 is 2.83 bits per heavy atom. The largest absolute Gasteiger partial charge is 0.391 e. The number of aliphatic hydroxyl groups excluding tert-OH is 1. The number of imidazole rings is 1. The van der Waals surface area contributed by atoms with Crippen LogP contribution < -0.4 is 0 Å². The first-order valence-electron chi connectivity index (χ1n) is 6.95. The van der Waals surface area contributed by atoms with Gasteiger partial charge in [0.25, 0.3) is 0 Å². The first-order valence-corrected chi connectivity index (χ1v) is 6.95. The number of hydrogen-bond donors (Lipinski definition) is 1. The molecule has 0 saturated heterocycles. The summed E-state index contributed by atoms with van der Waals surface area (Å²) in [5.74, 6) is 1.10. The van der Waals surface area contributed by atoms with Crippen LogP contribution in [0.2, 0.25) is 0 Å². The van der Waals surface area contributed by atoms with Gasteiger partial charge in [-0.3, -0.25) is 0 Å². The van der Waals surface area contributed by atoms with Gasteiger partial charge in [-0.25, -0.2) is 4.98 Å². The summed E-state index contributed by atoms with van der Waals surface area (Å²) in [6.07, 6.45) is 5.03. The highest BCUT2D eigenvalue weighted by Gasteiger charge is 2.27. The lowest BCUT2D eigenvalue weighted by Crippen LogP contribution is -2.28. The molecule has 1 aliphatic carbocycles. The quantitative estimate of drug-likeness (QED) is 0.881. The Kier molecular flexibility index (Phi) is 3.08. The van der Waals surface area contributed by atoms with Crippen molar-refractivity contribution in [1.29, 1.82) is 0 Å². The number of benzene rings is 1. The molecule has 0 unspecified atom stereocenters. The lowest BCUT2D eigenvalue weighted by atomic mass is 9.92. The van der Waals surface area contributed by atoms with Crippen LogP contribution in [-0.4, -0.2) is 20.8 Å². The van der Waals surface area contributed by atoms with Crippen LogP contribution in [0, 0.1) is 0 Å². The van der Waals surface area contributed by atoms with Crippen LogP contribution in [0.25, 0.3) is 11.0 Å². The fraction of sp³-hybridized carbons (Fsp3) is 0.533. The molecular formula is C15H20N2O. The molecule has 1 aromatic heterocycles. The van der Waals surface area contributed by atoms with Crippen molar-refractivity contribution in [2.45, 2.75) is 51.2 Å². The van der Waals surface area contributed by atoms with Crippen molar-refractivity contribution < 1.29 is 5.11 Å². The third kappa shape index (κ3) is 1.83. The van der Waals surface area contributed by atoms with Gasteiger partial charge in [-0.1, -0.05) is 31.9 Å². The Labute approximate surface area is 107 Å². The van der Waals surface area contributed by atoms with Gasteiger partial charge in [0, 0.05) is 6.42 Å². The highest BCUT2D eigenvalue weighted by atomic mass is 16.3. The van der Waals surface area contributed by atoms with E-state index in [1.807, 2.05) is 6.07 Å². The molecule has 1 fully saturated rings. The van der Waals surface area contributed by atoms with E-state index in [1.165, 1.54) is 11.9 Å². The topological polar surface area (TPSA) is 38.0 Å². The van der Waals surface area contributed by atoms with E-state index in [1.54, 1.807) is 0 Å². The summed E-state index contributed by atoms with van der Waals surface area (Å²) in [4.78, 5) is 4.69. The monoisotopic (exact) mass is 244 g/mol. The molecule has 0 radical (unpaired) electrons. The summed E-state index contributed by atoms with van der Waals surface area (Å²) in [6, 6.07) is 8.45. The van der Waals surface area contributed by atoms with E-state index in [0.29, 0.717) is 0 Å². The lowest BCUT2D eigenvalue weighted by molar-refractivity contribution is 0.0760. The average Bonchev–Trinajstić information content (AvgIpc) is 2.78. The second kappa shape index (κ2) is 4.73. The molecule has 1 aromatic carbocycles. The van der Waals surface area contributed by atoms with Crippen LogP contribution in [0.4, 0.5) is 0 Å². The number of nitrogens with zero attached hydrogens (tertiary/aromatic N) is 2. The van der Waals surface area contributed by atoms with Gasteiger partial charge in [0.1, 0.15) is 5.82 Å². The zero-order valence-corrected chi connectivity index (χ0v) is 10.8. The van der Waals surface area contributed by atoms with Crippen molar-refractivity contribution in [3.8, 4) is 0 Å². The molecule has 3 nitrogen and oxygen atoms in total. The standard InChI is InChI=1S/C15H20N2O/c1-2-15-16-11-7-3-4-8-12(11)17(15)13-9-5-6-10-14(13)18/h3-4,7-8,13-14,18H,2,5-6,9-10H2,1H3/t13-,14+/m1/s1. The van der Waals surface area contributed by atoms with Crippen molar-refractivity contribution in [1.82, 2.24) is 9.55 Å². The molecule has 0 bridgehead atoms. The maximum absolute atomic E-state index is 10.3. The van der Waals surface area contributed by atoms with Crippen molar-refractivity contribution in [2.24, 2.45) is 0 Å². The minimum absolute atomic E-state index is 0.209. The van der Waals surface area contributed by atoms with Crippen molar-refractivity contribution in [2.75, 3.05) is 0 Å². The summed E-state index contributed by atoms with van der Waals surface area (Å²) < 4.78 is 2.28. The summed E-state index contributed by atoms with van der Waals surface area (Å²) in [5, 5.41) is 10.3. The van der Waals surface area contributed by atoms with Gasteiger partial charge < -0.3 is 9.67 Å². The molecule has 0 spiro atoms. The van der Waals surface area contributed by atoms with Gasteiger partial charge in [-0.2, -0.15) is 0 Å². The van der Waals surface area contributed by atoms with Crippen LogP contribution in [0.15, 0.2) is 24.3 Å². The maximum atomic E-state index is 10.3. The predicted molar refractivity (Wildman–Crippen MR) is 72.6 cm³/mol. The molecule has 1 saturated carbocycles. The van der Waals surface area contributed by atoms with Crippen LogP contribution in [0.5, 0.6) is 0 Å². The third-order valence-corrected chi connectivity index (χ3v) is 4.01. The number of hydrogen-bond acceptors (Lipinski definition) is 2. The number of aliphatic hydroxyl groups is 1. The summed E-state index contributed by atoms with van der Waals surface area (Å²) in [5.41, 5.74) is 2.22. The minimum atomic E-state index is -0.221. The first kappa shape index (κ1) is 11.7. The van der Waals surface area contributed by atoms with Gasteiger partial charge in [0.15, 0.2) is 0 Å². The second-order valence-corrected chi connectivity index (χ2v) is 5.16. The Balaban J connectivity index is 2.13. The third-order valence-electron chi connectivity index (χ3n) is 4.01.